The fourth-order valence-corrected chi connectivity index (χ4v) is 2.75. The van der Waals surface area contributed by atoms with Gasteiger partial charge in [-0.1, -0.05) is 36.4 Å². The Hall–Kier alpha value is -3.54. The number of nitrogens with zero attached hydrogens (tertiary/aromatic N) is 2. The Labute approximate surface area is 162 Å². The van der Waals surface area contributed by atoms with E-state index >= 15 is 0 Å². The first-order valence-corrected chi connectivity index (χ1v) is 8.93. The molecule has 2 aromatic carbocycles. The predicted molar refractivity (Wildman–Crippen MR) is 105 cm³/mol. The summed E-state index contributed by atoms with van der Waals surface area (Å²) in [4.78, 5) is 31.1. The molecule has 0 spiro atoms. The zero-order chi connectivity index (χ0) is 19.9. The lowest BCUT2D eigenvalue weighted by Gasteiger charge is -2.20. The molecule has 3 rings (SSSR count). The van der Waals surface area contributed by atoms with Gasteiger partial charge in [0.25, 0.3) is 11.8 Å². The lowest BCUT2D eigenvalue weighted by molar-refractivity contribution is 0.0746. The molecule has 142 valence electrons. The van der Waals surface area contributed by atoms with E-state index in [0.29, 0.717) is 18.8 Å². The highest BCUT2D eigenvalue weighted by Crippen LogP contribution is 2.13. The zero-order valence-corrected chi connectivity index (χ0v) is 15.4. The van der Waals surface area contributed by atoms with E-state index in [-0.39, 0.29) is 17.2 Å². The van der Waals surface area contributed by atoms with Gasteiger partial charge in [0.15, 0.2) is 0 Å². The van der Waals surface area contributed by atoms with E-state index in [9.17, 15) is 14.0 Å². The first kappa shape index (κ1) is 19.2. The Balaban J connectivity index is 1.75. The number of benzene rings is 2. The van der Waals surface area contributed by atoms with Gasteiger partial charge in [0.05, 0.1) is 0 Å². The predicted octanol–water partition coefficient (Wildman–Crippen LogP) is 4.14. The molecule has 0 saturated heterocycles. The van der Waals surface area contributed by atoms with Crippen LogP contribution in [0.1, 0.15) is 33.3 Å². The van der Waals surface area contributed by atoms with Crippen LogP contribution in [0.4, 0.5) is 10.1 Å². The van der Waals surface area contributed by atoms with Crippen molar-refractivity contribution in [1.82, 2.24) is 9.88 Å². The van der Waals surface area contributed by atoms with Crippen LogP contribution in [0, 0.1) is 5.82 Å². The SMILES string of the molecule is CCN(Cc1ccccc1)C(=O)c1cc(C(=O)Nc2cccc(F)c2)ccn1. The monoisotopic (exact) mass is 377 g/mol. The Morgan fingerprint density at radius 3 is 2.54 bits per heavy atom. The lowest BCUT2D eigenvalue weighted by Crippen LogP contribution is -2.31. The van der Waals surface area contributed by atoms with Gasteiger partial charge in [-0.05, 0) is 42.8 Å². The average molecular weight is 377 g/mol. The summed E-state index contributed by atoms with van der Waals surface area (Å²) in [6.45, 7) is 2.86. The van der Waals surface area contributed by atoms with Crippen LogP contribution in [0.15, 0.2) is 72.9 Å². The fourth-order valence-electron chi connectivity index (χ4n) is 2.75. The number of halogens is 1. The molecule has 1 N–H and O–H groups in total. The molecule has 0 aliphatic carbocycles. The summed E-state index contributed by atoms with van der Waals surface area (Å²) >= 11 is 0. The van der Waals surface area contributed by atoms with Crippen molar-refractivity contribution in [1.29, 1.82) is 0 Å². The fraction of sp³-hybridized carbons (Fsp3) is 0.136. The van der Waals surface area contributed by atoms with Crippen molar-refractivity contribution >= 4 is 17.5 Å². The summed E-state index contributed by atoms with van der Waals surface area (Å²) in [6.07, 6.45) is 1.42. The van der Waals surface area contributed by atoms with Gasteiger partial charge in [0.1, 0.15) is 11.5 Å². The third kappa shape index (κ3) is 4.79. The molecule has 0 saturated carbocycles. The number of hydrogen-bond donors (Lipinski definition) is 1. The number of pyridine rings is 1. The van der Waals surface area contributed by atoms with Crippen molar-refractivity contribution in [2.24, 2.45) is 0 Å². The van der Waals surface area contributed by atoms with Crippen LogP contribution < -0.4 is 5.32 Å². The van der Waals surface area contributed by atoms with Gasteiger partial charge in [-0.15, -0.1) is 0 Å². The summed E-state index contributed by atoms with van der Waals surface area (Å²) in [5.41, 5.74) is 1.81. The molecule has 5 nitrogen and oxygen atoms in total. The van der Waals surface area contributed by atoms with E-state index in [1.165, 1.54) is 36.5 Å². The van der Waals surface area contributed by atoms with E-state index in [2.05, 4.69) is 10.3 Å². The maximum Gasteiger partial charge on any atom is 0.272 e. The van der Waals surface area contributed by atoms with Gasteiger partial charge < -0.3 is 10.2 Å². The molecule has 0 radical (unpaired) electrons. The highest BCUT2D eigenvalue weighted by Gasteiger charge is 2.18. The Kier molecular flexibility index (Phi) is 6.11. The first-order valence-electron chi connectivity index (χ1n) is 8.93. The first-order chi connectivity index (χ1) is 13.6. The number of nitrogens with one attached hydrogen (secondary N) is 1. The molecular formula is C22H20FN3O2. The highest BCUT2D eigenvalue weighted by atomic mass is 19.1. The Morgan fingerprint density at radius 2 is 1.82 bits per heavy atom. The van der Waals surface area contributed by atoms with Gasteiger partial charge in [-0.25, -0.2) is 4.39 Å². The van der Waals surface area contributed by atoms with Crippen LogP contribution >= 0.6 is 0 Å². The minimum absolute atomic E-state index is 0.185. The van der Waals surface area contributed by atoms with E-state index in [1.54, 1.807) is 11.0 Å². The number of amides is 2. The summed E-state index contributed by atoms with van der Waals surface area (Å²) in [5, 5.41) is 2.62. The summed E-state index contributed by atoms with van der Waals surface area (Å²) in [7, 11) is 0. The smallest absolute Gasteiger partial charge is 0.272 e. The van der Waals surface area contributed by atoms with E-state index in [4.69, 9.17) is 0 Å². The topological polar surface area (TPSA) is 62.3 Å². The van der Waals surface area contributed by atoms with Gasteiger partial charge in [-0.3, -0.25) is 14.6 Å². The van der Waals surface area contributed by atoms with Crippen molar-refractivity contribution < 1.29 is 14.0 Å². The second kappa shape index (κ2) is 8.90. The van der Waals surface area contributed by atoms with Crippen LogP contribution in [0.25, 0.3) is 0 Å². The molecule has 2 amide bonds. The average Bonchev–Trinajstić information content (AvgIpc) is 2.72. The van der Waals surface area contributed by atoms with Crippen molar-refractivity contribution in [3.63, 3.8) is 0 Å². The third-order valence-corrected chi connectivity index (χ3v) is 4.21. The molecule has 1 heterocycles. The summed E-state index contributed by atoms with van der Waals surface area (Å²) in [5.74, 6) is -1.14. The van der Waals surface area contributed by atoms with E-state index < -0.39 is 11.7 Å². The molecule has 0 bridgehead atoms. The Morgan fingerprint density at radius 1 is 1.04 bits per heavy atom. The highest BCUT2D eigenvalue weighted by molar-refractivity contribution is 6.05. The van der Waals surface area contributed by atoms with Gasteiger partial charge >= 0.3 is 0 Å². The molecule has 6 heteroatoms. The van der Waals surface area contributed by atoms with Gasteiger partial charge in [-0.2, -0.15) is 0 Å². The molecule has 28 heavy (non-hydrogen) atoms. The number of hydrogen-bond acceptors (Lipinski definition) is 3. The Bertz CT molecular complexity index is 976. The normalized spacial score (nSPS) is 10.4. The van der Waals surface area contributed by atoms with Crippen LogP contribution in [0.3, 0.4) is 0 Å². The summed E-state index contributed by atoms with van der Waals surface area (Å²) < 4.78 is 13.3. The summed E-state index contributed by atoms with van der Waals surface area (Å²) in [6, 6.07) is 18.2. The molecule has 0 unspecified atom stereocenters. The molecule has 0 atom stereocenters. The number of carbonyl (C=O) groups is 2. The molecule has 1 aromatic heterocycles. The minimum atomic E-state index is -0.442. The van der Waals surface area contributed by atoms with Crippen LogP contribution in [-0.4, -0.2) is 28.2 Å². The van der Waals surface area contributed by atoms with Gasteiger partial charge in [0, 0.05) is 30.5 Å². The minimum Gasteiger partial charge on any atom is -0.333 e. The van der Waals surface area contributed by atoms with Crippen LogP contribution in [0.5, 0.6) is 0 Å². The second-order valence-corrected chi connectivity index (χ2v) is 6.20. The third-order valence-electron chi connectivity index (χ3n) is 4.21. The van der Waals surface area contributed by atoms with Crippen molar-refractivity contribution in [2.45, 2.75) is 13.5 Å². The molecule has 0 aliphatic heterocycles. The van der Waals surface area contributed by atoms with Crippen LogP contribution in [-0.2, 0) is 6.54 Å². The molecule has 3 aromatic rings. The maximum atomic E-state index is 13.3. The van der Waals surface area contributed by atoms with Crippen molar-refractivity contribution in [3.8, 4) is 0 Å². The molecular weight excluding hydrogens is 357 g/mol. The number of carbonyl (C=O) groups excluding carboxylic acids is 2. The van der Waals surface area contributed by atoms with E-state index in [1.807, 2.05) is 37.3 Å². The number of anilines is 1. The van der Waals surface area contributed by atoms with E-state index in [0.717, 1.165) is 5.56 Å². The largest absolute Gasteiger partial charge is 0.333 e. The maximum absolute atomic E-state index is 13.3. The molecule has 0 aliphatic rings. The van der Waals surface area contributed by atoms with Gasteiger partial charge in [0.2, 0.25) is 0 Å². The van der Waals surface area contributed by atoms with Crippen LogP contribution in [0.2, 0.25) is 0 Å². The standard InChI is InChI=1S/C22H20FN3O2/c1-2-26(15-16-7-4-3-5-8-16)22(28)20-13-17(11-12-24-20)21(27)25-19-10-6-9-18(23)14-19/h3-14H,2,15H2,1H3,(H,25,27). The molecule has 0 fully saturated rings. The number of rotatable bonds is 6. The van der Waals surface area contributed by atoms with Crippen molar-refractivity contribution in [3.05, 3.63) is 95.6 Å². The zero-order valence-electron chi connectivity index (χ0n) is 15.4. The number of aromatic nitrogens is 1. The quantitative estimate of drug-likeness (QED) is 0.702. The van der Waals surface area contributed by atoms with Crippen molar-refractivity contribution in [2.75, 3.05) is 11.9 Å². The second-order valence-electron chi connectivity index (χ2n) is 6.20. The lowest BCUT2D eigenvalue weighted by atomic mass is 10.1.